The van der Waals surface area contributed by atoms with Crippen molar-refractivity contribution < 1.29 is 4.74 Å². The largest absolute Gasteiger partial charge is 0.377 e. The zero-order chi connectivity index (χ0) is 13.6. The smallest absolute Gasteiger partial charge is 0.0671 e. The molecule has 2 aliphatic heterocycles. The van der Waals surface area contributed by atoms with Crippen molar-refractivity contribution >= 4 is 5.69 Å². The van der Waals surface area contributed by atoms with Crippen molar-refractivity contribution in [2.75, 3.05) is 18.1 Å². The van der Waals surface area contributed by atoms with E-state index < -0.39 is 0 Å². The van der Waals surface area contributed by atoms with Gasteiger partial charge >= 0.3 is 0 Å². The van der Waals surface area contributed by atoms with E-state index in [4.69, 9.17) is 4.74 Å². The van der Waals surface area contributed by atoms with Gasteiger partial charge in [0.05, 0.1) is 25.3 Å². The minimum absolute atomic E-state index is 0.216. The molecule has 2 nitrogen and oxygen atoms in total. The lowest BCUT2D eigenvalue weighted by Crippen LogP contribution is -2.46. The van der Waals surface area contributed by atoms with Gasteiger partial charge in [-0.3, -0.25) is 0 Å². The van der Waals surface area contributed by atoms with Crippen molar-refractivity contribution in [3.63, 3.8) is 0 Å². The molecule has 2 heterocycles. The summed E-state index contributed by atoms with van der Waals surface area (Å²) in [5.41, 5.74) is 4.47. The number of aryl methyl sites for hydroxylation is 1. The molecule has 1 aromatic rings. The van der Waals surface area contributed by atoms with Crippen LogP contribution in [-0.4, -0.2) is 25.3 Å². The summed E-state index contributed by atoms with van der Waals surface area (Å²) in [4.78, 5) is 2.63. The molecule has 2 unspecified atom stereocenters. The summed E-state index contributed by atoms with van der Waals surface area (Å²) >= 11 is 0. The molecule has 1 aromatic carbocycles. The van der Waals surface area contributed by atoms with Gasteiger partial charge in [0.15, 0.2) is 0 Å². The molecule has 0 aromatic heterocycles. The number of rotatable bonds is 1. The molecule has 0 radical (unpaired) electrons. The molecule has 2 heteroatoms. The fourth-order valence-electron chi connectivity index (χ4n) is 3.38. The van der Waals surface area contributed by atoms with Crippen LogP contribution in [0.5, 0.6) is 0 Å². The highest BCUT2D eigenvalue weighted by Gasteiger charge is 2.38. The van der Waals surface area contributed by atoms with Crippen molar-refractivity contribution in [3.8, 4) is 0 Å². The second-order valence-corrected chi connectivity index (χ2v) is 7.08. The number of nitrogens with zero attached hydrogens (tertiary/aromatic N) is 1. The average Bonchev–Trinajstić information content (AvgIpc) is 2.58. The zero-order valence-corrected chi connectivity index (χ0v) is 12.6. The molecule has 2 saturated heterocycles. The lowest BCUT2D eigenvalue weighted by Gasteiger charge is -2.38. The van der Waals surface area contributed by atoms with E-state index in [-0.39, 0.29) is 5.41 Å². The maximum atomic E-state index is 5.70. The van der Waals surface area contributed by atoms with Gasteiger partial charge in [0.2, 0.25) is 0 Å². The molecule has 2 fully saturated rings. The molecule has 2 aliphatic rings. The maximum absolute atomic E-state index is 5.70. The first-order chi connectivity index (χ1) is 8.97. The Morgan fingerprint density at radius 3 is 2.32 bits per heavy atom. The van der Waals surface area contributed by atoms with Gasteiger partial charge in [0.25, 0.3) is 0 Å². The second-order valence-electron chi connectivity index (χ2n) is 7.08. The van der Waals surface area contributed by atoms with Crippen molar-refractivity contribution in [2.24, 2.45) is 0 Å². The van der Waals surface area contributed by atoms with E-state index >= 15 is 0 Å². The molecule has 2 bridgehead atoms. The second kappa shape index (κ2) is 4.52. The first-order valence-electron chi connectivity index (χ1n) is 7.44. The number of fused-ring (bicyclic) bond motifs is 2. The lowest BCUT2D eigenvalue weighted by atomic mass is 9.86. The molecule has 0 amide bonds. The van der Waals surface area contributed by atoms with Crippen LogP contribution >= 0.6 is 0 Å². The molecular weight excluding hydrogens is 234 g/mol. The van der Waals surface area contributed by atoms with E-state index in [2.05, 4.69) is 50.8 Å². The van der Waals surface area contributed by atoms with Gasteiger partial charge in [0.1, 0.15) is 0 Å². The van der Waals surface area contributed by atoms with Crippen LogP contribution in [0, 0.1) is 6.92 Å². The fraction of sp³-hybridized carbons (Fsp3) is 0.647. The number of hydrogen-bond donors (Lipinski definition) is 0. The number of benzene rings is 1. The summed E-state index contributed by atoms with van der Waals surface area (Å²) in [7, 11) is 0. The molecule has 0 N–H and O–H groups in total. The molecule has 0 aliphatic carbocycles. The van der Waals surface area contributed by atoms with E-state index in [0.717, 1.165) is 13.2 Å². The quantitative estimate of drug-likeness (QED) is 0.763. The Hall–Kier alpha value is -1.02. The Morgan fingerprint density at radius 2 is 1.74 bits per heavy atom. The molecule has 3 rings (SSSR count). The number of anilines is 1. The van der Waals surface area contributed by atoms with Crippen LogP contribution in [0.3, 0.4) is 0 Å². The third kappa shape index (κ3) is 2.27. The van der Waals surface area contributed by atoms with E-state index in [0.29, 0.717) is 12.1 Å². The normalized spacial score (nSPS) is 26.8. The van der Waals surface area contributed by atoms with Crippen LogP contribution in [0.4, 0.5) is 5.69 Å². The lowest BCUT2D eigenvalue weighted by molar-refractivity contribution is 0.0906. The van der Waals surface area contributed by atoms with Crippen molar-refractivity contribution in [1.29, 1.82) is 0 Å². The minimum atomic E-state index is 0.216. The Labute approximate surface area is 116 Å². The highest BCUT2D eigenvalue weighted by Crippen LogP contribution is 2.37. The third-order valence-corrected chi connectivity index (χ3v) is 4.59. The van der Waals surface area contributed by atoms with Crippen molar-refractivity contribution in [2.45, 2.75) is 58.0 Å². The summed E-state index contributed by atoms with van der Waals surface area (Å²) < 4.78 is 5.70. The third-order valence-electron chi connectivity index (χ3n) is 4.59. The summed E-state index contributed by atoms with van der Waals surface area (Å²) in [6.45, 7) is 10.9. The molecule has 19 heavy (non-hydrogen) atoms. The van der Waals surface area contributed by atoms with Crippen LogP contribution in [-0.2, 0) is 10.2 Å². The molecule has 104 valence electrons. The monoisotopic (exact) mass is 259 g/mol. The van der Waals surface area contributed by atoms with Gasteiger partial charge in [0, 0.05) is 5.69 Å². The van der Waals surface area contributed by atoms with E-state index in [1.807, 2.05) is 0 Å². The topological polar surface area (TPSA) is 12.5 Å². The minimum Gasteiger partial charge on any atom is -0.377 e. The predicted octanol–water partition coefficient (Wildman–Crippen LogP) is 3.66. The van der Waals surface area contributed by atoms with E-state index in [1.54, 1.807) is 0 Å². The van der Waals surface area contributed by atoms with Crippen LogP contribution < -0.4 is 4.90 Å². The number of ether oxygens (including phenoxy) is 1. The van der Waals surface area contributed by atoms with E-state index in [9.17, 15) is 0 Å². The first-order valence-corrected chi connectivity index (χ1v) is 7.44. The molecule has 0 saturated carbocycles. The average molecular weight is 259 g/mol. The summed E-state index contributed by atoms with van der Waals surface area (Å²) in [6.07, 6.45) is 2.56. The van der Waals surface area contributed by atoms with Gasteiger partial charge in [-0.25, -0.2) is 0 Å². The highest BCUT2D eigenvalue weighted by atomic mass is 16.5. The summed E-state index contributed by atoms with van der Waals surface area (Å²) in [5, 5.41) is 0. The van der Waals surface area contributed by atoms with E-state index in [1.165, 1.54) is 29.7 Å². The van der Waals surface area contributed by atoms with Crippen LogP contribution in [0.25, 0.3) is 0 Å². The zero-order valence-electron chi connectivity index (χ0n) is 12.6. The van der Waals surface area contributed by atoms with Crippen LogP contribution in [0.1, 0.15) is 44.7 Å². The van der Waals surface area contributed by atoms with Crippen LogP contribution in [0.2, 0.25) is 0 Å². The number of hydrogen-bond acceptors (Lipinski definition) is 2. The molecule has 0 spiro atoms. The Morgan fingerprint density at radius 1 is 1.11 bits per heavy atom. The Balaban J connectivity index is 2.00. The summed E-state index contributed by atoms with van der Waals surface area (Å²) in [6, 6.07) is 8.15. The fourth-order valence-corrected chi connectivity index (χ4v) is 3.38. The molecular formula is C17H25NO. The maximum Gasteiger partial charge on any atom is 0.0671 e. The predicted molar refractivity (Wildman–Crippen MR) is 80.0 cm³/mol. The van der Waals surface area contributed by atoms with Gasteiger partial charge in [-0.2, -0.15) is 0 Å². The van der Waals surface area contributed by atoms with Crippen molar-refractivity contribution in [1.82, 2.24) is 0 Å². The summed E-state index contributed by atoms with van der Waals surface area (Å²) in [5.74, 6) is 0. The van der Waals surface area contributed by atoms with Gasteiger partial charge in [-0.1, -0.05) is 32.9 Å². The molecule has 2 atom stereocenters. The van der Waals surface area contributed by atoms with Crippen LogP contribution in [0.15, 0.2) is 18.2 Å². The Bertz CT molecular complexity index is 459. The number of morpholine rings is 1. The standard InChI is InChI=1S/C17H25NO/c1-12-5-6-13(17(2,3)4)9-16(12)18-14-7-8-15(18)11-19-10-14/h5-6,9,14-15H,7-8,10-11H2,1-4H3. The SMILES string of the molecule is Cc1ccc(C(C)(C)C)cc1N1C2CCC1COC2. The van der Waals surface area contributed by atoms with Gasteiger partial charge in [-0.15, -0.1) is 0 Å². The Kier molecular flexibility index (Phi) is 3.09. The van der Waals surface area contributed by atoms with Gasteiger partial charge < -0.3 is 9.64 Å². The highest BCUT2D eigenvalue weighted by molar-refractivity contribution is 5.58. The van der Waals surface area contributed by atoms with Gasteiger partial charge in [-0.05, 0) is 42.4 Å². The van der Waals surface area contributed by atoms with Crippen molar-refractivity contribution in [3.05, 3.63) is 29.3 Å². The first kappa shape index (κ1) is 13.0.